The molecule has 114 valence electrons. The van der Waals surface area contributed by atoms with Gasteiger partial charge in [-0.1, -0.05) is 18.3 Å². The maximum Gasteiger partial charge on any atom is 0.255 e. The van der Waals surface area contributed by atoms with E-state index in [0.717, 1.165) is 6.07 Å². The van der Waals surface area contributed by atoms with Gasteiger partial charge in [0.05, 0.1) is 16.1 Å². The number of hydrogen-bond acceptors (Lipinski definition) is 3. The molecule has 1 amide bonds. The first kappa shape index (κ1) is 15.8. The number of halogens is 2. The summed E-state index contributed by atoms with van der Waals surface area (Å²) in [5, 5.41) is 2.70. The molecule has 21 heavy (non-hydrogen) atoms. The second kappa shape index (κ2) is 6.03. The quantitative estimate of drug-likeness (QED) is 0.829. The first-order chi connectivity index (χ1) is 9.85. The Bertz CT molecular complexity index is 571. The highest BCUT2D eigenvalue weighted by Crippen LogP contribution is 2.23. The monoisotopic (exact) mass is 313 g/mol. The number of nitrogens with two attached hydrogens (primary N) is 1. The fourth-order valence-electron chi connectivity index (χ4n) is 2.40. The number of likely N-dealkylation sites (tertiary alicyclic amines) is 1. The maximum absolute atomic E-state index is 13.7. The molecule has 1 saturated heterocycles. The highest BCUT2D eigenvalue weighted by atomic mass is 32.1. The van der Waals surface area contributed by atoms with E-state index in [1.165, 1.54) is 12.1 Å². The number of benzene rings is 1. The molecular weight excluding hydrogens is 296 g/mol. The molecular formula is C14H17F2N3OS. The molecule has 0 aliphatic carbocycles. The van der Waals surface area contributed by atoms with Crippen molar-refractivity contribution in [3.8, 4) is 0 Å². The van der Waals surface area contributed by atoms with Crippen molar-refractivity contribution in [2.45, 2.75) is 18.4 Å². The zero-order chi connectivity index (χ0) is 15.6. The van der Waals surface area contributed by atoms with Gasteiger partial charge in [0.25, 0.3) is 5.91 Å². The molecule has 3 N–H and O–H groups in total. The van der Waals surface area contributed by atoms with Crippen LogP contribution in [-0.2, 0) is 0 Å². The summed E-state index contributed by atoms with van der Waals surface area (Å²) in [6.07, 6.45) is 1.09. The molecule has 0 radical (unpaired) electrons. The topological polar surface area (TPSA) is 58.4 Å². The molecule has 1 aromatic rings. The van der Waals surface area contributed by atoms with E-state index in [9.17, 15) is 13.6 Å². The van der Waals surface area contributed by atoms with Crippen LogP contribution in [0.25, 0.3) is 0 Å². The summed E-state index contributed by atoms with van der Waals surface area (Å²) in [7, 11) is 1.96. The van der Waals surface area contributed by atoms with E-state index >= 15 is 0 Å². The highest BCUT2D eigenvalue weighted by molar-refractivity contribution is 7.80. The lowest BCUT2D eigenvalue weighted by molar-refractivity contribution is 0.0885. The van der Waals surface area contributed by atoms with Crippen molar-refractivity contribution in [1.29, 1.82) is 0 Å². The van der Waals surface area contributed by atoms with Gasteiger partial charge in [-0.05, 0) is 32.0 Å². The lowest BCUT2D eigenvalue weighted by atomic mass is 9.87. The van der Waals surface area contributed by atoms with E-state index in [1.54, 1.807) is 0 Å². The number of rotatable bonds is 3. The van der Waals surface area contributed by atoms with Crippen LogP contribution in [0.3, 0.4) is 0 Å². The second-order valence-electron chi connectivity index (χ2n) is 5.31. The van der Waals surface area contributed by atoms with Gasteiger partial charge in [-0.15, -0.1) is 0 Å². The van der Waals surface area contributed by atoms with Crippen molar-refractivity contribution in [1.82, 2.24) is 10.2 Å². The average Bonchev–Trinajstić information content (AvgIpc) is 2.44. The Kier molecular flexibility index (Phi) is 4.53. The summed E-state index contributed by atoms with van der Waals surface area (Å²) in [6, 6.07) is 3.48. The van der Waals surface area contributed by atoms with Crippen LogP contribution in [0.4, 0.5) is 8.78 Å². The summed E-state index contributed by atoms with van der Waals surface area (Å²) in [6.45, 7) is 1.42. The van der Waals surface area contributed by atoms with Crippen LogP contribution >= 0.6 is 12.2 Å². The standard InChI is InChI=1S/C14H17F2N3OS/c1-19-7-5-14(6-8-19,13(17)21)18-12(20)9-3-2-4-10(15)11(9)16/h2-4H,5-8H2,1H3,(H2,17,21)(H,18,20). The largest absolute Gasteiger partial charge is 0.391 e. The maximum atomic E-state index is 13.7. The van der Waals surface area contributed by atoms with Gasteiger partial charge >= 0.3 is 0 Å². The van der Waals surface area contributed by atoms with Crippen molar-refractivity contribution in [3.63, 3.8) is 0 Å². The molecule has 0 bridgehead atoms. The summed E-state index contributed by atoms with van der Waals surface area (Å²) < 4.78 is 26.9. The third-order valence-corrected chi connectivity index (χ3v) is 4.25. The second-order valence-corrected chi connectivity index (χ2v) is 5.74. The predicted molar refractivity (Wildman–Crippen MR) is 80.1 cm³/mol. The zero-order valence-corrected chi connectivity index (χ0v) is 12.5. The van der Waals surface area contributed by atoms with E-state index in [-0.39, 0.29) is 10.6 Å². The number of amides is 1. The van der Waals surface area contributed by atoms with Crippen LogP contribution in [0, 0.1) is 11.6 Å². The third-order valence-electron chi connectivity index (χ3n) is 3.86. The van der Waals surface area contributed by atoms with Crippen molar-refractivity contribution in [2.24, 2.45) is 5.73 Å². The van der Waals surface area contributed by atoms with Crippen LogP contribution in [0.2, 0.25) is 0 Å². The lowest BCUT2D eigenvalue weighted by Gasteiger charge is -2.40. The van der Waals surface area contributed by atoms with Crippen molar-refractivity contribution < 1.29 is 13.6 Å². The Labute approximate surface area is 127 Å². The highest BCUT2D eigenvalue weighted by Gasteiger charge is 2.38. The SMILES string of the molecule is CN1CCC(NC(=O)c2cccc(F)c2F)(C(N)=S)CC1. The van der Waals surface area contributed by atoms with E-state index in [1.807, 2.05) is 7.05 Å². The van der Waals surface area contributed by atoms with Crippen LogP contribution in [0.15, 0.2) is 18.2 Å². The average molecular weight is 313 g/mol. The minimum atomic E-state index is -1.17. The number of piperidine rings is 1. The van der Waals surface area contributed by atoms with E-state index in [4.69, 9.17) is 18.0 Å². The predicted octanol–water partition coefficient (Wildman–Crippen LogP) is 1.45. The van der Waals surface area contributed by atoms with Gasteiger partial charge in [-0.2, -0.15) is 0 Å². The molecule has 0 unspecified atom stereocenters. The van der Waals surface area contributed by atoms with Gasteiger partial charge in [0.15, 0.2) is 11.6 Å². The number of carbonyl (C=O) groups is 1. The number of hydrogen-bond donors (Lipinski definition) is 2. The minimum Gasteiger partial charge on any atom is -0.391 e. The van der Waals surface area contributed by atoms with E-state index in [0.29, 0.717) is 25.9 Å². The Morgan fingerprint density at radius 3 is 2.57 bits per heavy atom. The number of nitrogens with zero attached hydrogens (tertiary/aromatic N) is 1. The third kappa shape index (κ3) is 3.19. The Morgan fingerprint density at radius 1 is 1.38 bits per heavy atom. The Morgan fingerprint density at radius 2 is 2.00 bits per heavy atom. The molecule has 0 aromatic heterocycles. The van der Waals surface area contributed by atoms with Gasteiger partial charge in [0, 0.05) is 13.1 Å². The summed E-state index contributed by atoms with van der Waals surface area (Å²) >= 11 is 5.07. The van der Waals surface area contributed by atoms with Gasteiger partial charge < -0.3 is 16.0 Å². The number of carbonyl (C=O) groups excluding carboxylic acids is 1. The normalized spacial score (nSPS) is 18.2. The number of nitrogens with one attached hydrogen (secondary N) is 1. The van der Waals surface area contributed by atoms with Gasteiger partial charge in [0.1, 0.15) is 0 Å². The molecule has 2 rings (SSSR count). The van der Waals surface area contributed by atoms with Gasteiger partial charge in [-0.25, -0.2) is 8.78 Å². The van der Waals surface area contributed by atoms with Crippen molar-refractivity contribution >= 4 is 23.1 Å². The van der Waals surface area contributed by atoms with Crippen molar-refractivity contribution in [3.05, 3.63) is 35.4 Å². The van der Waals surface area contributed by atoms with Crippen LogP contribution in [0.1, 0.15) is 23.2 Å². The first-order valence-corrected chi connectivity index (χ1v) is 7.01. The molecule has 1 heterocycles. The summed E-state index contributed by atoms with van der Waals surface area (Å²) in [4.78, 5) is 14.5. The lowest BCUT2D eigenvalue weighted by Crippen LogP contribution is -2.61. The summed E-state index contributed by atoms with van der Waals surface area (Å²) in [5.74, 6) is -2.93. The van der Waals surface area contributed by atoms with Crippen LogP contribution in [-0.4, -0.2) is 41.5 Å². The Hall–Kier alpha value is -1.60. The molecule has 0 atom stereocenters. The molecule has 4 nitrogen and oxygen atoms in total. The fourth-order valence-corrected chi connectivity index (χ4v) is 2.65. The van der Waals surface area contributed by atoms with Gasteiger partial charge in [-0.3, -0.25) is 4.79 Å². The molecule has 1 fully saturated rings. The van der Waals surface area contributed by atoms with E-state index < -0.39 is 23.1 Å². The fraction of sp³-hybridized carbons (Fsp3) is 0.429. The zero-order valence-electron chi connectivity index (χ0n) is 11.7. The summed E-state index contributed by atoms with van der Waals surface area (Å²) in [5.41, 5.74) is 4.58. The molecule has 1 aromatic carbocycles. The van der Waals surface area contributed by atoms with Crippen LogP contribution < -0.4 is 11.1 Å². The molecule has 0 spiro atoms. The molecule has 1 aliphatic rings. The van der Waals surface area contributed by atoms with E-state index in [2.05, 4.69) is 10.2 Å². The van der Waals surface area contributed by atoms with Crippen molar-refractivity contribution in [2.75, 3.05) is 20.1 Å². The van der Waals surface area contributed by atoms with Gasteiger partial charge in [0.2, 0.25) is 0 Å². The first-order valence-electron chi connectivity index (χ1n) is 6.61. The molecule has 1 aliphatic heterocycles. The molecule has 0 saturated carbocycles. The van der Waals surface area contributed by atoms with Crippen LogP contribution in [0.5, 0.6) is 0 Å². The molecule has 7 heteroatoms. The Balaban J connectivity index is 2.23. The number of thiocarbonyl (C=S) groups is 1. The smallest absolute Gasteiger partial charge is 0.255 e. The minimum absolute atomic E-state index is 0.167.